The van der Waals surface area contributed by atoms with Gasteiger partial charge in [0.15, 0.2) is 0 Å². The van der Waals surface area contributed by atoms with E-state index in [4.69, 9.17) is 4.52 Å². The number of benzene rings is 1. The normalized spacial score (nSPS) is 19.0. The lowest BCUT2D eigenvalue weighted by Gasteiger charge is -2.19. The Hall–Kier alpha value is -1.92. The summed E-state index contributed by atoms with van der Waals surface area (Å²) < 4.78 is 5.43. The third-order valence-electron chi connectivity index (χ3n) is 3.55. The van der Waals surface area contributed by atoms with Gasteiger partial charge in [-0.05, 0) is 11.5 Å². The van der Waals surface area contributed by atoms with E-state index in [1.54, 1.807) is 6.20 Å². The van der Waals surface area contributed by atoms with Crippen molar-refractivity contribution >= 4 is 22.5 Å². The first-order valence-corrected chi connectivity index (χ1v) is 8.06. The summed E-state index contributed by atoms with van der Waals surface area (Å²) in [7, 11) is 0. The molecule has 3 aromatic rings. The molecule has 3 heterocycles. The largest absolute Gasteiger partial charge is 0.337 e. The van der Waals surface area contributed by atoms with Gasteiger partial charge >= 0.3 is 0 Å². The van der Waals surface area contributed by atoms with E-state index in [-0.39, 0.29) is 6.04 Å². The van der Waals surface area contributed by atoms with Gasteiger partial charge in [-0.3, -0.25) is 4.98 Å². The maximum Gasteiger partial charge on any atom is 0.244 e. The zero-order valence-corrected chi connectivity index (χ0v) is 12.1. The minimum atomic E-state index is 0.139. The van der Waals surface area contributed by atoms with Gasteiger partial charge < -0.3 is 9.84 Å². The number of thioether (sulfide) groups is 1. The summed E-state index contributed by atoms with van der Waals surface area (Å²) in [5.41, 5.74) is 0.770. The van der Waals surface area contributed by atoms with E-state index < -0.39 is 0 Å². The van der Waals surface area contributed by atoms with Gasteiger partial charge in [0, 0.05) is 29.6 Å². The van der Waals surface area contributed by atoms with Crippen molar-refractivity contribution in [2.24, 2.45) is 0 Å². The molecule has 1 fully saturated rings. The van der Waals surface area contributed by atoms with Crippen LogP contribution in [0, 0.1) is 0 Å². The van der Waals surface area contributed by atoms with Gasteiger partial charge in [-0.15, -0.1) is 0 Å². The van der Waals surface area contributed by atoms with E-state index in [1.807, 2.05) is 36.0 Å². The molecule has 6 heteroatoms. The summed E-state index contributed by atoms with van der Waals surface area (Å²) in [6.45, 7) is 0.972. The lowest BCUT2D eigenvalue weighted by atomic mass is 10.1. The number of aromatic nitrogens is 3. The molecule has 1 aromatic carbocycles. The SMILES string of the molecule is c1ccc2c(-c3noc(C4CSCCN4)n3)nccc2c1. The second-order valence-electron chi connectivity index (χ2n) is 4.92. The lowest BCUT2D eigenvalue weighted by Crippen LogP contribution is -2.30. The van der Waals surface area contributed by atoms with Crippen LogP contribution in [-0.2, 0) is 0 Å². The van der Waals surface area contributed by atoms with E-state index in [1.165, 1.54) is 0 Å². The molecular formula is C15H14N4OS. The molecule has 0 radical (unpaired) electrons. The van der Waals surface area contributed by atoms with Crippen LogP contribution in [0.2, 0.25) is 0 Å². The van der Waals surface area contributed by atoms with Crippen molar-refractivity contribution in [2.75, 3.05) is 18.1 Å². The summed E-state index contributed by atoms with van der Waals surface area (Å²) in [5.74, 6) is 3.29. The van der Waals surface area contributed by atoms with Gasteiger partial charge in [0.1, 0.15) is 5.69 Å². The molecule has 1 unspecified atom stereocenters. The molecule has 0 spiro atoms. The van der Waals surface area contributed by atoms with E-state index >= 15 is 0 Å². The predicted molar refractivity (Wildman–Crippen MR) is 83.1 cm³/mol. The first kappa shape index (κ1) is 12.8. The average molecular weight is 298 g/mol. The van der Waals surface area contributed by atoms with Gasteiger partial charge in [0.25, 0.3) is 0 Å². The number of rotatable bonds is 2. The first-order valence-electron chi connectivity index (χ1n) is 6.91. The van der Waals surface area contributed by atoms with Gasteiger partial charge in [0.05, 0.1) is 6.04 Å². The molecule has 2 aromatic heterocycles. The molecule has 0 bridgehead atoms. The summed E-state index contributed by atoms with van der Waals surface area (Å²) in [4.78, 5) is 8.96. The molecular weight excluding hydrogens is 284 g/mol. The van der Waals surface area contributed by atoms with Crippen LogP contribution in [0.4, 0.5) is 0 Å². The van der Waals surface area contributed by atoms with Crippen LogP contribution in [0.5, 0.6) is 0 Å². The Morgan fingerprint density at radius 2 is 2.19 bits per heavy atom. The minimum Gasteiger partial charge on any atom is -0.337 e. The van der Waals surface area contributed by atoms with E-state index in [9.17, 15) is 0 Å². The zero-order valence-electron chi connectivity index (χ0n) is 11.3. The standard InChI is InChI=1S/C15H14N4OS/c1-2-4-11-10(3-1)5-6-17-13(11)14-18-15(20-19-14)12-9-21-8-7-16-12/h1-6,12,16H,7-9H2. The molecule has 0 amide bonds. The van der Waals surface area contributed by atoms with Crippen LogP contribution in [0.15, 0.2) is 41.1 Å². The molecule has 4 rings (SSSR count). The van der Waals surface area contributed by atoms with Crippen LogP contribution in [0.3, 0.4) is 0 Å². The van der Waals surface area contributed by atoms with Crippen molar-refractivity contribution in [1.29, 1.82) is 0 Å². The monoisotopic (exact) mass is 298 g/mol. The van der Waals surface area contributed by atoms with E-state index in [2.05, 4.69) is 26.5 Å². The Kier molecular flexibility index (Phi) is 3.33. The van der Waals surface area contributed by atoms with Gasteiger partial charge in [-0.2, -0.15) is 16.7 Å². The molecule has 1 aliphatic rings. The number of pyridine rings is 1. The highest BCUT2D eigenvalue weighted by Crippen LogP contribution is 2.26. The van der Waals surface area contributed by atoms with Crippen molar-refractivity contribution < 1.29 is 4.52 Å². The third-order valence-corrected chi connectivity index (χ3v) is 4.61. The predicted octanol–water partition coefficient (Wildman–Crippen LogP) is 2.66. The molecule has 1 atom stereocenters. The topological polar surface area (TPSA) is 63.8 Å². The minimum absolute atomic E-state index is 0.139. The number of hydrogen-bond donors (Lipinski definition) is 1. The molecule has 1 saturated heterocycles. The Bertz CT molecular complexity index is 762. The van der Waals surface area contributed by atoms with Gasteiger partial charge in [-0.25, -0.2) is 0 Å². The second-order valence-corrected chi connectivity index (χ2v) is 6.07. The molecule has 1 N–H and O–H groups in total. The van der Waals surface area contributed by atoms with Crippen molar-refractivity contribution in [2.45, 2.75) is 6.04 Å². The van der Waals surface area contributed by atoms with Crippen LogP contribution in [0.25, 0.3) is 22.3 Å². The molecule has 106 valence electrons. The Labute approximate surface area is 126 Å². The Balaban J connectivity index is 1.74. The van der Waals surface area contributed by atoms with Gasteiger partial charge in [-0.1, -0.05) is 29.4 Å². The number of hydrogen-bond acceptors (Lipinski definition) is 6. The quantitative estimate of drug-likeness (QED) is 0.784. The number of nitrogens with one attached hydrogen (secondary N) is 1. The maximum atomic E-state index is 5.43. The summed E-state index contributed by atoms with van der Waals surface area (Å²) >= 11 is 1.90. The highest BCUT2D eigenvalue weighted by molar-refractivity contribution is 7.99. The highest BCUT2D eigenvalue weighted by Gasteiger charge is 2.22. The smallest absolute Gasteiger partial charge is 0.244 e. The summed E-state index contributed by atoms with van der Waals surface area (Å²) in [6.07, 6.45) is 1.78. The second kappa shape index (κ2) is 5.46. The van der Waals surface area contributed by atoms with Crippen LogP contribution in [0.1, 0.15) is 11.9 Å². The fraction of sp³-hybridized carbons (Fsp3) is 0.267. The summed E-state index contributed by atoms with van der Waals surface area (Å²) in [6, 6.07) is 10.2. The molecule has 21 heavy (non-hydrogen) atoms. The van der Waals surface area contributed by atoms with Crippen molar-refractivity contribution in [3.63, 3.8) is 0 Å². The molecule has 0 saturated carbocycles. The highest BCUT2D eigenvalue weighted by atomic mass is 32.2. The number of fused-ring (bicyclic) bond motifs is 1. The van der Waals surface area contributed by atoms with Gasteiger partial charge in [0.2, 0.25) is 11.7 Å². The number of nitrogens with zero attached hydrogens (tertiary/aromatic N) is 3. The van der Waals surface area contributed by atoms with E-state index in [0.717, 1.165) is 34.5 Å². The van der Waals surface area contributed by atoms with Crippen LogP contribution < -0.4 is 5.32 Å². The fourth-order valence-electron chi connectivity index (χ4n) is 2.49. The zero-order chi connectivity index (χ0) is 14.1. The summed E-state index contributed by atoms with van der Waals surface area (Å²) in [5, 5.41) is 9.68. The molecule has 5 nitrogen and oxygen atoms in total. The van der Waals surface area contributed by atoms with Crippen LogP contribution >= 0.6 is 11.8 Å². The lowest BCUT2D eigenvalue weighted by molar-refractivity contribution is 0.342. The van der Waals surface area contributed by atoms with E-state index in [0.29, 0.717) is 11.7 Å². The van der Waals surface area contributed by atoms with Crippen molar-refractivity contribution in [3.05, 3.63) is 42.4 Å². The third kappa shape index (κ3) is 2.41. The average Bonchev–Trinajstić information content (AvgIpc) is 3.05. The van der Waals surface area contributed by atoms with Crippen LogP contribution in [-0.4, -0.2) is 33.2 Å². The van der Waals surface area contributed by atoms with Crippen molar-refractivity contribution in [3.8, 4) is 11.5 Å². The first-order chi connectivity index (χ1) is 10.4. The molecule has 1 aliphatic heterocycles. The maximum absolute atomic E-state index is 5.43. The Morgan fingerprint density at radius 3 is 3.10 bits per heavy atom. The van der Waals surface area contributed by atoms with Crippen molar-refractivity contribution in [1.82, 2.24) is 20.4 Å². The Morgan fingerprint density at radius 1 is 1.24 bits per heavy atom. The molecule has 0 aliphatic carbocycles. The fourth-order valence-corrected chi connectivity index (χ4v) is 3.42.